The Bertz CT molecular complexity index is 613. The smallest absolute Gasteiger partial charge is 0.362 e. The standard InChI is InChI=1S/C11H12ClF3N4O2/c1-6-9(12)7(2)18(17-6)5-8(20)19-10(21,3-4-16-19)11(13,14)15/h4,21H,3,5H2,1-2H3. The summed E-state index contributed by atoms with van der Waals surface area (Å²) in [6, 6.07) is 0. The van der Waals surface area contributed by atoms with Gasteiger partial charge in [0.05, 0.1) is 16.4 Å². The summed E-state index contributed by atoms with van der Waals surface area (Å²) in [6.45, 7) is 2.68. The summed E-state index contributed by atoms with van der Waals surface area (Å²) >= 11 is 5.90. The summed E-state index contributed by atoms with van der Waals surface area (Å²) in [5.74, 6) is -1.04. The lowest BCUT2D eigenvalue weighted by molar-refractivity contribution is -0.302. The van der Waals surface area contributed by atoms with Gasteiger partial charge in [-0.15, -0.1) is 0 Å². The summed E-state index contributed by atoms with van der Waals surface area (Å²) in [5, 5.41) is 17.3. The van der Waals surface area contributed by atoms with Crippen LogP contribution in [0.5, 0.6) is 0 Å². The highest BCUT2D eigenvalue weighted by Crippen LogP contribution is 2.38. The molecule has 10 heteroatoms. The number of aromatic nitrogens is 2. The second kappa shape index (κ2) is 4.99. The van der Waals surface area contributed by atoms with Gasteiger partial charge in [-0.1, -0.05) is 11.6 Å². The van der Waals surface area contributed by atoms with Crippen LogP contribution in [-0.4, -0.2) is 43.9 Å². The van der Waals surface area contributed by atoms with Gasteiger partial charge in [-0.25, -0.2) is 0 Å². The molecule has 2 rings (SSSR count). The quantitative estimate of drug-likeness (QED) is 0.898. The lowest BCUT2D eigenvalue weighted by Crippen LogP contribution is -2.57. The molecule has 1 N–H and O–H groups in total. The zero-order valence-electron chi connectivity index (χ0n) is 11.1. The van der Waals surface area contributed by atoms with E-state index >= 15 is 0 Å². The van der Waals surface area contributed by atoms with Crippen molar-refractivity contribution in [1.82, 2.24) is 14.8 Å². The molecule has 0 saturated carbocycles. The molecule has 21 heavy (non-hydrogen) atoms. The molecule has 0 aliphatic carbocycles. The lowest BCUT2D eigenvalue weighted by atomic mass is 10.1. The Balaban J connectivity index is 2.24. The minimum atomic E-state index is -5.01. The number of aryl methyl sites for hydroxylation is 1. The molecule has 0 fully saturated rings. The molecule has 116 valence electrons. The zero-order valence-corrected chi connectivity index (χ0v) is 11.9. The number of carbonyl (C=O) groups is 1. The second-order valence-electron chi connectivity index (χ2n) is 4.66. The Morgan fingerprint density at radius 2 is 2.14 bits per heavy atom. The van der Waals surface area contributed by atoms with E-state index in [2.05, 4.69) is 10.2 Å². The fourth-order valence-electron chi connectivity index (χ4n) is 1.96. The van der Waals surface area contributed by atoms with Crippen LogP contribution >= 0.6 is 11.6 Å². The van der Waals surface area contributed by atoms with Crippen LogP contribution in [0.1, 0.15) is 17.8 Å². The monoisotopic (exact) mass is 324 g/mol. The number of halogens is 4. The van der Waals surface area contributed by atoms with Crippen molar-refractivity contribution in [2.75, 3.05) is 0 Å². The van der Waals surface area contributed by atoms with Crippen LogP contribution < -0.4 is 0 Å². The molecular weight excluding hydrogens is 313 g/mol. The first-order valence-electron chi connectivity index (χ1n) is 5.92. The average Bonchev–Trinajstić information content (AvgIpc) is 2.87. The molecule has 6 nitrogen and oxygen atoms in total. The first-order chi connectivity index (χ1) is 9.58. The average molecular weight is 325 g/mol. The van der Waals surface area contributed by atoms with Gasteiger partial charge in [0.2, 0.25) is 0 Å². The number of hydrazone groups is 1. The van der Waals surface area contributed by atoms with Gasteiger partial charge in [-0.2, -0.15) is 28.4 Å². The van der Waals surface area contributed by atoms with Gasteiger partial charge in [-0.05, 0) is 13.8 Å². The molecule has 2 heterocycles. The molecule has 0 bridgehead atoms. The maximum absolute atomic E-state index is 12.9. The molecular formula is C11H12ClF3N4O2. The summed E-state index contributed by atoms with van der Waals surface area (Å²) in [5.41, 5.74) is -2.41. The molecule has 0 aromatic carbocycles. The van der Waals surface area contributed by atoms with Crippen LogP contribution in [0.2, 0.25) is 5.02 Å². The number of hydrogen-bond acceptors (Lipinski definition) is 4. The number of rotatable bonds is 2. The first kappa shape index (κ1) is 15.8. The minimum Gasteiger partial charge on any atom is -0.362 e. The molecule has 1 aromatic rings. The largest absolute Gasteiger partial charge is 0.438 e. The van der Waals surface area contributed by atoms with Crippen LogP contribution in [0.3, 0.4) is 0 Å². The highest BCUT2D eigenvalue weighted by molar-refractivity contribution is 6.31. The van der Waals surface area contributed by atoms with Crippen molar-refractivity contribution in [2.24, 2.45) is 5.10 Å². The van der Waals surface area contributed by atoms with Crippen molar-refractivity contribution >= 4 is 23.7 Å². The molecule has 1 unspecified atom stereocenters. The molecule has 1 aliphatic heterocycles. The van der Waals surface area contributed by atoms with Crippen molar-refractivity contribution in [3.63, 3.8) is 0 Å². The van der Waals surface area contributed by atoms with Crippen molar-refractivity contribution in [3.05, 3.63) is 16.4 Å². The van der Waals surface area contributed by atoms with Gasteiger partial charge in [-0.3, -0.25) is 9.48 Å². The molecule has 0 spiro atoms. The third kappa shape index (κ3) is 2.51. The Kier molecular flexibility index (Phi) is 3.75. The number of amides is 1. The van der Waals surface area contributed by atoms with Crippen molar-refractivity contribution < 1.29 is 23.1 Å². The highest BCUT2D eigenvalue weighted by atomic mass is 35.5. The predicted octanol–water partition coefficient (Wildman–Crippen LogP) is 1.62. The summed E-state index contributed by atoms with van der Waals surface area (Å²) in [7, 11) is 0. The Morgan fingerprint density at radius 1 is 1.52 bits per heavy atom. The number of alkyl halides is 3. The lowest BCUT2D eigenvalue weighted by Gasteiger charge is -2.32. The van der Waals surface area contributed by atoms with Crippen LogP contribution in [0, 0.1) is 13.8 Å². The molecule has 1 amide bonds. The van der Waals surface area contributed by atoms with E-state index in [4.69, 9.17) is 11.6 Å². The van der Waals surface area contributed by atoms with Gasteiger partial charge in [0.15, 0.2) is 0 Å². The van der Waals surface area contributed by atoms with Crippen LogP contribution in [0.15, 0.2) is 5.10 Å². The van der Waals surface area contributed by atoms with Crippen molar-refractivity contribution in [2.45, 2.75) is 38.7 Å². The third-order valence-electron chi connectivity index (χ3n) is 3.19. The Hall–Kier alpha value is -1.61. The van der Waals surface area contributed by atoms with E-state index < -0.39 is 30.8 Å². The van der Waals surface area contributed by atoms with Gasteiger partial charge in [0.25, 0.3) is 11.6 Å². The Morgan fingerprint density at radius 3 is 2.62 bits per heavy atom. The SMILES string of the molecule is Cc1nn(CC(=O)N2N=CCC2(O)C(F)(F)F)c(C)c1Cl. The van der Waals surface area contributed by atoms with Crippen molar-refractivity contribution in [3.8, 4) is 0 Å². The number of carbonyl (C=O) groups excluding carboxylic acids is 1. The molecule has 1 aliphatic rings. The maximum atomic E-state index is 12.9. The predicted molar refractivity (Wildman–Crippen MR) is 67.7 cm³/mol. The van der Waals surface area contributed by atoms with E-state index in [9.17, 15) is 23.1 Å². The van der Waals surface area contributed by atoms with Gasteiger partial charge >= 0.3 is 6.18 Å². The normalized spacial score (nSPS) is 22.1. The van der Waals surface area contributed by atoms with Crippen LogP contribution in [0.25, 0.3) is 0 Å². The van der Waals surface area contributed by atoms with E-state index in [0.29, 0.717) is 16.4 Å². The van der Waals surface area contributed by atoms with Gasteiger partial charge in [0, 0.05) is 12.6 Å². The Labute approximate surface area is 122 Å². The minimum absolute atomic E-state index is 0.0390. The van der Waals surface area contributed by atoms with Crippen LogP contribution in [0.4, 0.5) is 13.2 Å². The fraction of sp³-hybridized carbons (Fsp3) is 0.545. The zero-order chi connectivity index (χ0) is 16.0. The fourth-order valence-corrected chi connectivity index (χ4v) is 2.10. The third-order valence-corrected chi connectivity index (χ3v) is 3.74. The summed E-state index contributed by atoms with van der Waals surface area (Å²) in [4.78, 5) is 12.0. The highest BCUT2D eigenvalue weighted by Gasteiger charge is 2.61. The number of nitrogens with zero attached hydrogens (tertiary/aromatic N) is 4. The second-order valence-corrected chi connectivity index (χ2v) is 5.04. The van der Waals surface area contributed by atoms with E-state index in [-0.39, 0.29) is 5.01 Å². The molecule has 0 saturated heterocycles. The molecule has 1 atom stereocenters. The van der Waals surface area contributed by atoms with Crippen molar-refractivity contribution in [1.29, 1.82) is 0 Å². The number of hydrogen-bond donors (Lipinski definition) is 1. The molecule has 0 radical (unpaired) electrons. The topological polar surface area (TPSA) is 70.7 Å². The summed E-state index contributed by atoms with van der Waals surface area (Å²) in [6.07, 6.45) is -4.97. The first-order valence-corrected chi connectivity index (χ1v) is 6.30. The van der Waals surface area contributed by atoms with Gasteiger partial charge in [0.1, 0.15) is 6.54 Å². The van der Waals surface area contributed by atoms with E-state index in [1.165, 1.54) is 4.68 Å². The van der Waals surface area contributed by atoms with Gasteiger partial charge < -0.3 is 5.11 Å². The van der Waals surface area contributed by atoms with E-state index in [0.717, 1.165) is 6.21 Å². The van der Waals surface area contributed by atoms with E-state index in [1.807, 2.05) is 0 Å². The van der Waals surface area contributed by atoms with E-state index in [1.54, 1.807) is 13.8 Å². The number of aliphatic hydroxyl groups is 1. The summed E-state index contributed by atoms with van der Waals surface area (Å²) < 4.78 is 39.8. The van der Waals surface area contributed by atoms with Crippen LogP contribution in [-0.2, 0) is 11.3 Å². The molecule has 1 aromatic heterocycles. The maximum Gasteiger partial charge on any atom is 0.438 e.